The number of hydrogen-bond acceptors (Lipinski definition) is 5. The predicted molar refractivity (Wildman–Crippen MR) is 115 cm³/mol. The zero-order chi connectivity index (χ0) is 23.0. The number of carbonyl (C=O) groups excluding carboxylic acids is 3. The lowest BCUT2D eigenvalue weighted by atomic mass is 9.92. The molecule has 0 bridgehead atoms. The molecule has 2 heterocycles. The first-order chi connectivity index (χ1) is 15.2. The van der Waals surface area contributed by atoms with E-state index >= 15 is 0 Å². The van der Waals surface area contributed by atoms with E-state index in [-0.39, 0.29) is 5.56 Å². The van der Waals surface area contributed by atoms with Crippen molar-refractivity contribution in [1.29, 1.82) is 0 Å². The highest BCUT2D eigenvalue weighted by atomic mass is 32.1. The summed E-state index contributed by atoms with van der Waals surface area (Å²) in [6.07, 6.45) is 0. The van der Waals surface area contributed by atoms with Crippen LogP contribution in [0.25, 0.3) is 11.3 Å². The van der Waals surface area contributed by atoms with Crippen molar-refractivity contribution in [2.75, 3.05) is 11.9 Å². The maximum absolute atomic E-state index is 13.7. The van der Waals surface area contributed by atoms with Crippen LogP contribution in [0.1, 0.15) is 17.5 Å². The highest BCUT2D eigenvalue weighted by molar-refractivity contribution is 7.09. The van der Waals surface area contributed by atoms with Crippen LogP contribution >= 0.6 is 11.3 Å². The lowest BCUT2D eigenvalue weighted by Crippen LogP contribution is -2.42. The molecule has 3 aromatic rings. The van der Waals surface area contributed by atoms with Crippen molar-refractivity contribution < 1.29 is 23.2 Å². The first-order valence-corrected chi connectivity index (χ1v) is 10.5. The number of aryl methyl sites for hydroxylation is 1. The predicted octanol–water partition coefficient (Wildman–Crippen LogP) is 3.80. The Hall–Kier alpha value is -3.66. The van der Waals surface area contributed by atoms with Gasteiger partial charge < -0.3 is 10.6 Å². The van der Waals surface area contributed by atoms with Gasteiger partial charge in [0.05, 0.1) is 10.7 Å². The van der Waals surface area contributed by atoms with Gasteiger partial charge in [-0.25, -0.2) is 18.6 Å². The lowest BCUT2D eigenvalue weighted by molar-refractivity contribution is -0.133. The molecule has 32 heavy (non-hydrogen) atoms. The number of hydrogen-bond donors (Lipinski definition) is 2. The van der Waals surface area contributed by atoms with Crippen LogP contribution in [0.3, 0.4) is 0 Å². The number of nitrogens with one attached hydrogen (secondary N) is 2. The first kappa shape index (κ1) is 21.6. The number of halogens is 2. The normalized spacial score (nSPS) is 18.1. The molecule has 1 atom stereocenters. The Kier molecular flexibility index (Phi) is 5.47. The lowest BCUT2D eigenvalue weighted by Gasteiger charge is -2.22. The molecule has 1 aliphatic heterocycles. The highest BCUT2D eigenvalue weighted by Crippen LogP contribution is 2.30. The first-order valence-electron chi connectivity index (χ1n) is 9.59. The van der Waals surface area contributed by atoms with Crippen molar-refractivity contribution in [2.24, 2.45) is 0 Å². The number of carbonyl (C=O) groups is 3. The topological polar surface area (TPSA) is 91.4 Å². The summed E-state index contributed by atoms with van der Waals surface area (Å²) >= 11 is 1.51. The van der Waals surface area contributed by atoms with Crippen molar-refractivity contribution in [3.63, 3.8) is 0 Å². The largest absolute Gasteiger partial charge is 0.325 e. The van der Waals surface area contributed by atoms with Gasteiger partial charge in [0.25, 0.3) is 5.91 Å². The number of thiazole rings is 1. The fourth-order valence-corrected chi connectivity index (χ4v) is 4.06. The standard InChI is InChI=1S/C22H18F2N4O3S/c1-12-25-18(11-32-12)13-4-3-5-15(8-13)26-19(29)10-28-20(30)22(2,27-21(28)31)14-6-7-16(23)17(24)9-14/h3-9,11H,10H2,1-2H3,(H,26,29)(H,27,31)/t22-/m1/s1. The minimum Gasteiger partial charge on any atom is -0.325 e. The molecule has 1 fully saturated rings. The summed E-state index contributed by atoms with van der Waals surface area (Å²) in [5, 5.41) is 7.94. The number of nitrogens with zero attached hydrogens (tertiary/aromatic N) is 2. The van der Waals surface area contributed by atoms with Crippen molar-refractivity contribution >= 4 is 34.9 Å². The summed E-state index contributed by atoms with van der Waals surface area (Å²) in [4.78, 5) is 43.0. The summed E-state index contributed by atoms with van der Waals surface area (Å²) in [5.41, 5.74) is 0.527. The SMILES string of the molecule is Cc1nc(-c2cccc(NC(=O)CN3C(=O)N[C@](C)(c4ccc(F)c(F)c4)C3=O)c2)cs1. The third-order valence-corrected chi connectivity index (χ3v) is 5.91. The van der Waals surface area contributed by atoms with E-state index in [0.717, 1.165) is 33.3 Å². The van der Waals surface area contributed by atoms with Gasteiger partial charge in [-0.1, -0.05) is 18.2 Å². The number of imide groups is 1. The molecule has 2 N–H and O–H groups in total. The minimum absolute atomic E-state index is 0.0731. The van der Waals surface area contributed by atoms with Crippen LogP contribution in [0.5, 0.6) is 0 Å². The zero-order valence-electron chi connectivity index (χ0n) is 17.1. The number of aromatic nitrogens is 1. The summed E-state index contributed by atoms with van der Waals surface area (Å²) in [6, 6.07) is 9.17. The van der Waals surface area contributed by atoms with Gasteiger partial charge in [0, 0.05) is 16.6 Å². The quantitative estimate of drug-likeness (QED) is 0.572. The van der Waals surface area contributed by atoms with Gasteiger partial charge in [-0.15, -0.1) is 11.3 Å². The van der Waals surface area contributed by atoms with E-state index in [9.17, 15) is 23.2 Å². The van der Waals surface area contributed by atoms with Crippen LogP contribution in [0.15, 0.2) is 47.8 Å². The summed E-state index contributed by atoms with van der Waals surface area (Å²) < 4.78 is 26.9. The van der Waals surface area contributed by atoms with Crippen molar-refractivity contribution in [3.05, 3.63) is 70.1 Å². The summed E-state index contributed by atoms with van der Waals surface area (Å²) in [7, 11) is 0. The number of urea groups is 1. The van der Waals surface area contributed by atoms with E-state index in [1.165, 1.54) is 24.3 Å². The highest BCUT2D eigenvalue weighted by Gasteiger charge is 2.49. The van der Waals surface area contributed by atoms with Crippen LogP contribution in [0.2, 0.25) is 0 Å². The number of benzene rings is 2. The molecule has 0 unspecified atom stereocenters. The van der Waals surface area contributed by atoms with Crippen molar-refractivity contribution in [3.8, 4) is 11.3 Å². The molecule has 2 aromatic carbocycles. The molecule has 7 nitrogen and oxygen atoms in total. The van der Waals surface area contributed by atoms with Crippen molar-refractivity contribution in [1.82, 2.24) is 15.2 Å². The summed E-state index contributed by atoms with van der Waals surface area (Å²) in [6.45, 7) is 2.73. The molecule has 164 valence electrons. The van der Waals surface area contributed by atoms with Gasteiger partial charge in [-0.3, -0.25) is 14.5 Å². The number of rotatable bonds is 5. The molecule has 1 aromatic heterocycles. The molecule has 0 aliphatic carbocycles. The minimum atomic E-state index is -1.62. The monoisotopic (exact) mass is 456 g/mol. The van der Waals surface area contributed by atoms with Crippen LogP contribution in [0, 0.1) is 18.6 Å². The molecule has 0 saturated carbocycles. The van der Waals surface area contributed by atoms with Gasteiger partial charge >= 0.3 is 6.03 Å². The van der Waals surface area contributed by atoms with E-state index in [1.807, 2.05) is 18.4 Å². The molecule has 4 amide bonds. The maximum Gasteiger partial charge on any atom is 0.325 e. The smallest absolute Gasteiger partial charge is 0.325 e. The average Bonchev–Trinajstić information content (AvgIpc) is 3.27. The maximum atomic E-state index is 13.7. The third-order valence-electron chi connectivity index (χ3n) is 5.13. The summed E-state index contributed by atoms with van der Waals surface area (Å²) in [5.74, 6) is -3.54. The Morgan fingerprint density at radius 2 is 1.97 bits per heavy atom. The molecule has 10 heteroatoms. The Morgan fingerprint density at radius 1 is 1.19 bits per heavy atom. The van der Waals surface area contributed by atoms with Crippen LogP contribution in [-0.2, 0) is 15.1 Å². The molecule has 1 aliphatic rings. The Labute approximate surface area is 186 Å². The molecule has 1 saturated heterocycles. The third kappa shape index (κ3) is 3.96. The van der Waals surface area contributed by atoms with Crippen LogP contribution in [-0.4, -0.2) is 34.3 Å². The van der Waals surface area contributed by atoms with Gasteiger partial charge in [-0.05, 0) is 43.7 Å². The van der Waals surface area contributed by atoms with Gasteiger partial charge in [0.2, 0.25) is 5.91 Å². The molecular formula is C22H18F2N4O3S. The number of amides is 4. The van der Waals surface area contributed by atoms with E-state index in [1.54, 1.807) is 18.2 Å². The van der Waals surface area contributed by atoms with Crippen LogP contribution in [0.4, 0.5) is 19.3 Å². The molecule has 0 radical (unpaired) electrons. The Morgan fingerprint density at radius 3 is 2.66 bits per heavy atom. The van der Waals surface area contributed by atoms with Gasteiger partial charge in [0.1, 0.15) is 12.1 Å². The Bertz CT molecular complexity index is 1250. The van der Waals surface area contributed by atoms with Crippen LogP contribution < -0.4 is 10.6 Å². The fraction of sp³-hybridized carbons (Fsp3) is 0.182. The average molecular weight is 456 g/mol. The molecule has 4 rings (SSSR count). The molecular weight excluding hydrogens is 438 g/mol. The van der Waals surface area contributed by atoms with Gasteiger partial charge in [0.15, 0.2) is 11.6 Å². The van der Waals surface area contributed by atoms with E-state index in [2.05, 4.69) is 15.6 Å². The second-order valence-corrected chi connectivity index (χ2v) is 8.52. The Balaban J connectivity index is 1.48. The van der Waals surface area contributed by atoms with Crippen molar-refractivity contribution in [2.45, 2.75) is 19.4 Å². The van der Waals surface area contributed by atoms with Gasteiger partial charge in [-0.2, -0.15) is 0 Å². The number of anilines is 1. The second-order valence-electron chi connectivity index (χ2n) is 7.46. The second kappa shape index (κ2) is 8.12. The van der Waals surface area contributed by atoms with E-state index < -0.39 is 41.6 Å². The zero-order valence-corrected chi connectivity index (χ0v) is 17.9. The van der Waals surface area contributed by atoms with E-state index in [4.69, 9.17) is 0 Å². The fourth-order valence-electron chi connectivity index (χ4n) is 3.44. The van der Waals surface area contributed by atoms with E-state index in [0.29, 0.717) is 5.69 Å². The molecule has 0 spiro atoms.